The lowest BCUT2D eigenvalue weighted by molar-refractivity contribution is -0.165. The van der Waals surface area contributed by atoms with Gasteiger partial charge in [-0.2, -0.15) is 8.78 Å². The number of carbonyl (C=O) groups excluding carboxylic acids is 2. The first-order valence-electron chi connectivity index (χ1n) is 6.24. The topological polar surface area (TPSA) is 52.6 Å². The van der Waals surface area contributed by atoms with Gasteiger partial charge in [-0.05, 0) is 24.5 Å². The molecule has 1 aromatic rings. The number of Topliss-reactive ketones (excluding diaryl/α,β-unsaturated/α-hetero) is 1. The molecule has 0 aliphatic heterocycles. The van der Waals surface area contributed by atoms with Gasteiger partial charge in [0.2, 0.25) is 0 Å². The summed E-state index contributed by atoms with van der Waals surface area (Å²) in [7, 11) is 0.862. The number of benzene rings is 1. The van der Waals surface area contributed by atoms with Crippen LogP contribution in [0.2, 0.25) is 5.02 Å². The Morgan fingerprint density at radius 3 is 2.52 bits per heavy atom. The molecular formula is C14H13ClF2O4. The molecule has 21 heavy (non-hydrogen) atoms. The molecule has 2 atom stereocenters. The molecule has 1 aliphatic rings. The lowest BCUT2D eigenvalue weighted by Crippen LogP contribution is -2.33. The monoisotopic (exact) mass is 318 g/mol. The minimum Gasteiger partial charge on any atom is -0.489 e. The summed E-state index contributed by atoms with van der Waals surface area (Å²) in [4.78, 5) is 22.4. The molecule has 0 amide bonds. The van der Waals surface area contributed by atoms with E-state index in [0.717, 1.165) is 25.7 Å². The molecule has 0 bridgehead atoms. The van der Waals surface area contributed by atoms with Gasteiger partial charge in [-0.15, -0.1) is 0 Å². The number of carbonyl (C=O) groups is 2. The van der Waals surface area contributed by atoms with E-state index in [9.17, 15) is 18.4 Å². The van der Waals surface area contributed by atoms with Gasteiger partial charge in [0.15, 0.2) is 0 Å². The molecule has 0 spiro atoms. The molecule has 1 aromatic carbocycles. The Balaban J connectivity index is 2.28. The fraction of sp³-hybridized carbons (Fsp3) is 0.429. The van der Waals surface area contributed by atoms with Gasteiger partial charge in [0.25, 0.3) is 0 Å². The van der Waals surface area contributed by atoms with Crippen molar-refractivity contribution in [2.24, 2.45) is 5.92 Å². The number of halogens is 3. The number of ketones is 1. The molecule has 114 valence electrons. The van der Waals surface area contributed by atoms with Gasteiger partial charge < -0.3 is 9.47 Å². The first kappa shape index (κ1) is 15.7. The van der Waals surface area contributed by atoms with Crippen molar-refractivity contribution in [2.45, 2.75) is 25.4 Å². The molecular weight excluding hydrogens is 306 g/mol. The molecule has 4 nitrogen and oxygen atoms in total. The zero-order chi connectivity index (χ0) is 15.8. The highest BCUT2D eigenvalue weighted by Gasteiger charge is 2.46. The SMILES string of the molecule is COC(=O)C(=O)C(F)(F)c1ccc(Cl)c(OC2C[C@@H]2C)c1. The van der Waals surface area contributed by atoms with Crippen molar-refractivity contribution in [1.29, 1.82) is 0 Å². The standard InChI is InChI=1S/C14H13ClF2O4/c1-7-5-10(7)21-11-6-8(3-4-9(11)15)14(16,17)12(18)13(19)20-2/h3-4,6-7,10H,5H2,1-2H3/t7-,10?/m0/s1. The second-order valence-corrected chi connectivity index (χ2v) is 5.32. The number of hydrogen-bond acceptors (Lipinski definition) is 4. The van der Waals surface area contributed by atoms with Crippen molar-refractivity contribution in [3.8, 4) is 5.75 Å². The van der Waals surface area contributed by atoms with E-state index >= 15 is 0 Å². The average Bonchev–Trinajstić information content (AvgIpc) is 3.14. The van der Waals surface area contributed by atoms with Crippen LogP contribution in [0.15, 0.2) is 18.2 Å². The van der Waals surface area contributed by atoms with Crippen molar-refractivity contribution in [3.63, 3.8) is 0 Å². The molecule has 0 N–H and O–H groups in total. The molecule has 1 aliphatic carbocycles. The Labute approximate surface area is 125 Å². The lowest BCUT2D eigenvalue weighted by Gasteiger charge is -2.16. The van der Waals surface area contributed by atoms with Crippen molar-refractivity contribution in [3.05, 3.63) is 28.8 Å². The van der Waals surface area contributed by atoms with Crippen LogP contribution in [0.3, 0.4) is 0 Å². The van der Waals surface area contributed by atoms with Crippen molar-refractivity contribution >= 4 is 23.4 Å². The van der Waals surface area contributed by atoms with Crippen LogP contribution >= 0.6 is 11.6 Å². The van der Waals surface area contributed by atoms with E-state index in [0.29, 0.717) is 5.92 Å². The third kappa shape index (κ3) is 3.15. The van der Waals surface area contributed by atoms with Crippen molar-refractivity contribution in [2.75, 3.05) is 7.11 Å². The number of hydrogen-bond donors (Lipinski definition) is 0. The molecule has 2 rings (SSSR count). The summed E-state index contributed by atoms with van der Waals surface area (Å²) in [6.07, 6.45) is 0.751. The van der Waals surface area contributed by atoms with Crippen LogP contribution in [0.5, 0.6) is 5.75 Å². The number of methoxy groups -OCH3 is 1. The Morgan fingerprint density at radius 1 is 1.38 bits per heavy atom. The first-order valence-corrected chi connectivity index (χ1v) is 6.62. The summed E-state index contributed by atoms with van der Waals surface area (Å²) >= 11 is 5.89. The predicted molar refractivity (Wildman–Crippen MR) is 70.6 cm³/mol. The molecule has 1 fully saturated rings. The second-order valence-electron chi connectivity index (χ2n) is 4.91. The van der Waals surface area contributed by atoms with Crippen LogP contribution in [0.1, 0.15) is 18.9 Å². The van der Waals surface area contributed by atoms with E-state index in [-0.39, 0.29) is 16.9 Å². The number of ether oxygens (including phenoxy) is 2. The highest BCUT2D eigenvalue weighted by Crippen LogP contribution is 2.39. The lowest BCUT2D eigenvalue weighted by atomic mass is 10.0. The maximum Gasteiger partial charge on any atom is 0.381 e. The molecule has 0 heterocycles. The zero-order valence-corrected chi connectivity index (χ0v) is 12.1. The molecule has 1 saturated carbocycles. The molecule has 7 heteroatoms. The molecule has 0 radical (unpaired) electrons. The van der Waals surface area contributed by atoms with Gasteiger partial charge in [-0.25, -0.2) is 4.79 Å². The van der Waals surface area contributed by atoms with Gasteiger partial charge in [0.1, 0.15) is 11.9 Å². The average molecular weight is 319 g/mol. The van der Waals surface area contributed by atoms with E-state index in [1.165, 1.54) is 6.07 Å². The van der Waals surface area contributed by atoms with E-state index in [1.54, 1.807) is 0 Å². The van der Waals surface area contributed by atoms with Crippen molar-refractivity contribution < 1.29 is 27.8 Å². The van der Waals surface area contributed by atoms with E-state index in [4.69, 9.17) is 16.3 Å². The highest BCUT2D eigenvalue weighted by molar-refractivity contribution is 6.36. The van der Waals surface area contributed by atoms with Gasteiger partial charge in [-0.3, -0.25) is 4.79 Å². The van der Waals surface area contributed by atoms with Crippen LogP contribution in [0.4, 0.5) is 8.78 Å². The quantitative estimate of drug-likeness (QED) is 0.618. The van der Waals surface area contributed by atoms with Gasteiger partial charge in [0.05, 0.1) is 12.1 Å². The Hall–Kier alpha value is -1.69. The molecule has 0 saturated heterocycles. The predicted octanol–water partition coefficient (Wildman–Crippen LogP) is 2.96. The van der Waals surface area contributed by atoms with Gasteiger partial charge >= 0.3 is 17.7 Å². The largest absolute Gasteiger partial charge is 0.489 e. The minimum atomic E-state index is -4.00. The molecule has 1 unspecified atom stereocenters. The van der Waals surface area contributed by atoms with E-state index in [2.05, 4.69) is 4.74 Å². The van der Waals surface area contributed by atoms with Gasteiger partial charge in [0, 0.05) is 5.56 Å². The first-order chi connectivity index (χ1) is 9.77. The minimum absolute atomic E-state index is 0.0670. The van der Waals surface area contributed by atoms with Crippen molar-refractivity contribution in [1.82, 2.24) is 0 Å². The Kier molecular flexibility index (Phi) is 4.18. The smallest absolute Gasteiger partial charge is 0.381 e. The maximum atomic E-state index is 14.0. The normalized spacial score (nSPS) is 20.8. The summed E-state index contributed by atoms with van der Waals surface area (Å²) in [5.41, 5.74) is -0.661. The second kappa shape index (κ2) is 5.60. The Bertz CT molecular complexity index is 588. The van der Waals surface area contributed by atoms with E-state index in [1.807, 2.05) is 6.92 Å². The fourth-order valence-electron chi connectivity index (χ4n) is 1.76. The summed E-state index contributed by atoms with van der Waals surface area (Å²) < 4.78 is 37.5. The summed E-state index contributed by atoms with van der Waals surface area (Å²) in [5, 5.41) is 0.166. The third-order valence-corrected chi connectivity index (χ3v) is 3.58. The fourth-order valence-corrected chi connectivity index (χ4v) is 1.92. The maximum absolute atomic E-state index is 14.0. The number of alkyl halides is 2. The van der Waals surface area contributed by atoms with Crippen LogP contribution in [0, 0.1) is 5.92 Å². The van der Waals surface area contributed by atoms with E-state index < -0.39 is 23.2 Å². The highest BCUT2D eigenvalue weighted by atomic mass is 35.5. The third-order valence-electron chi connectivity index (χ3n) is 3.26. The Morgan fingerprint density at radius 2 is 2.00 bits per heavy atom. The molecule has 0 aromatic heterocycles. The summed E-state index contributed by atoms with van der Waals surface area (Å²) in [6, 6.07) is 3.16. The summed E-state index contributed by atoms with van der Waals surface area (Å²) in [6.45, 7) is 1.96. The number of rotatable bonds is 5. The van der Waals surface area contributed by atoms with Crippen LogP contribution in [0.25, 0.3) is 0 Å². The van der Waals surface area contributed by atoms with Crippen LogP contribution < -0.4 is 4.74 Å². The van der Waals surface area contributed by atoms with Gasteiger partial charge in [-0.1, -0.05) is 24.6 Å². The van der Waals surface area contributed by atoms with Crippen LogP contribution in [-0.2, 0) is 20.2 Å². The zero-order valence-electron chi connectivity index (χ0n) is 11.4. The number of esters is 1. The summed E-state index contributed by atoms with van der Waals surface area (Å²) in [5.74, 6) is -7.13. The van der Waals surface area contributed by atoms with Crippen LogP contribution in [-0.4, -0.2) is 25.0 Å².